The number of hydrogen-bond acceptors (Lipinski definition) is 4. The summed E-state index contributed by atoms with van der Waals surface area (Å²) in [7, 11) is 0. The van der Waals surface area contributed by atoms with E-state index in [-0.39, 0.29) is 0 Å². The summed E-state index contributed by atoms with van der Waals surface area (Å²) in [6.45, 7) is 0. The molecule has 4 N–H and O–H groups in total. The van der Waals surface area contributed by atoms with Crippen LogP contribution in [0.1, 0.15) is 0 Å². The SMILES string of the molecule is Nc1ccccc1NC1(Cl)C=CNC=N1. The van der Waals surface area contributed by atoms with E-state index in [0.717, 1.165) is 5.69 Å². The molecule has 4 nitrogen and oxygen atoms in total. The molecule has 1 aliphatic rings. The van der Waals surface area contributed by atoms with E-state index in [4.69, 9.17) is 17.3 Å². The highest BCUT2D eigenvalue weighted by atomic mass is 35.5. The van der Waals surface area contributed by atoms with Gasteiger partial charge in [0, 0.05) is 6.20 Å². The molecular weight excluding hydrogens is 212 g/mol. The van der Waals surface area contributed by atoms with Gasteiger partial charge in [-0.2, -0.15) is 0 Å². The standard InChI is InChI=1S/C10H11ClN4/c11-10(5-6-13-7-14-10)15-9-4-2-1-3-8(9)12/h1-7,15H,12H2,(H,13,14). The van der Waals surface area contributed by atoms with Gasteiger partial charge in [0.05, 0.1) is 17.7 Å². The van der Waals surface area contributed by atoms with Crippen molar-refractivity contribution in [3.63, 3.8) is 0 Å². The lowest BCUT2D eigenvalue weighted by Crippen LogP contribution is -2.31. The molecule has 0 saturated carbocycles. The van der Waals surface area contributed by atoms with E-state index in [1.807, 2.05) is 18.2 Å². The Hall–Kier alpha value is -1.68. The van der Waals surface area contributed by atoms with Crippen LogP contribution in [0.15, 0.2) is 41.5 Å². The molecule has 0 radical (unpaired) electrons. The number of anilines is 2. The number of alkyl halides is 1. The minimum absolute atomic E-state index is 0.639. The lowest BCUT2D eigenvalue weighted by atomic mass is 10.2. The lowest BCUT2D eigenvalue weighted by Gasteiger charge is -2.24. The van der Waals surface area contributed by atoms with Crippen molar-refractivity contribution in [2.75, 3.05) is 11.1 Å². The van der Waals surface area contributed by atoms with Crippen LogP contribution in [0.25, 0.3) is 0 Å². The van der Waals surface area contributed by atoms with Crippen molar-refractivity contribution in [3.8, 4) is 0 Å². The van der Waals surface area contributed by atoms with Gasteiger partial charge in [0.25, 0.3) is 0 Å². The Morgan fingerprint density at radius 1 is 1.40 bits per heavy atom. The average molecular weight is 223 g/mol. The Bertz CT molecular complexity index is 402. The molecule has 78 valence electrons. The highest BCUT2D eigenvalue weighted by molar-refractivity contribution is 6.26. The van der Waals surface area contributed by atoms with Crippen LogP contribution in [-0.4, -0.2) is 11.5 Å². The summed E-state index contributed by atoms with van der Waals surface area (Å²) in [6.07, 6.45) is 4.95. The maximum absolute atomic E-state index is 6.19. The van der Waals surface area contributed by atoms with Crippen LogP contribution in [0.5, 0.6) is 0 Å². The predicted octanol–water partition coefficient (Wildman–Crippen LogP) is 1.72. The molecule has 0 saturated heterocycles. The van der Waals surface area contributed by atoms with E-state index >= 15 is 0 Å². The topological polar surface area (TPSA) is 62.4 Å². The molecule has 1 unspecified atom stereocenters. The van der Waals surface area contributed by atoms with Crippen LogP contribution in [0, 0.1) is 0 Å². The summed E-state index contributed by atoms with van der Waals surface area (Å²) in [4.78, 5) is 4.07. The first-order valence-corrected chi connectivity index (χ1v) is 4.86. The Kier molecular flexibility index (Phi) is 2.51. The number of nitrogens with zero attached hydrogens (tertiary/aromatic N) is 1. The van der Waals surface area contributed by atoms with Crippen LogP contribution in [-0.2, 0) is 0 Å². The molecule has 0 aromatic heterocycles. The molecule has 0 fully saturated rings. The van der Waals surface area contributed by atoms with Gasteiger partial charge in [-0.15, -0.1) is 0 Å². The van der Waals surface area contributed by atoms with E-state index in [1.54, 1.807) is 18.3 Å². The zero-order valence-electron chi connectivity index (χ0n) is 7.94. The van der Waals surface area contributed by atoms with Gasteiger partial charge >= 0.3 is 0 Å². The zero-order valence-corrected chi connectivity index (χ0v) is 8.70. The van der Waals surface area contributed by atoms with E-state index in [2.05, 4.69) is 15.6 Å². The van der Waals surface area contributed by atoms with Gasteiger partial charge in [-0.3, -0.25) is 0 Å². The maximum Gasteiger partial charge on any atom is 0.228 e. The fourth-order valence-electron chi connectivity index (χ4n) is 1.25. The fourth-order valence-corrected chi connectivity index (χ4v) is 1.46. The molecule has 0 spiro atoms. The molecule has 1 aromatic rings. The number of nitrogens with one attached hydrogen (secondary N) is 2. The summed E-state index contributed by atoms with van der Waals surface area (Å²) < 4.78 is 0. The number of rotatable bonds is 2. The molecule has 1 atom stereocenters. The normalized spacial score (nSPS) is 23.5. The minimum Gasteiger partial charge on any atom is -0.397 e. The van der Waals surface area contributed by atoms with Crippen molar-refractivity contribution in [3.05, 3.63) is 36.5 Å². The monoisotopic (exact) mass is 222 g/mol. The molecule has 15 heavy (non-hydrogen) atoms. The summed E-state index contributed by atoms with van der Waals surface area (Å²) >= 11 is 6.19. The number of benzene rings is 1. The lowest BCUT2D eigenvalue weighted by molar-refractivity contribution is 0.830. The molecule has 0 aliphatic carbocycles. The molecule has 1 aromatic carbocycles. The Labute approximate surface area is 92.8 Å². The quantitative estimate of drug-likeness (QED) is 0.406. The number of para-hydroxylation sites is 2. The van der Waals surface area contributed by atoms with Crippen LogP contribution in [0.3, 0.4) is 0 Å². The third-order valence-electron chi connectivity index (χ3n) is 2.00. The van der Waals surface area contributed by atoms with Gasteiger partial charge in [-0.05, 0) is 18.2 Å². The molecule has 1 heterocycles. The van der Waals surface area contributed by atoms with E-state index < -0.39 is 5.12 Å². The van der Waals surface area contributed by atoms with Gasteiger partial charge in [0.15, 0.2) is 0 Å². The van der Waals surface area contributed by atoms with Crippen molar-refractivity contribution in [2.45, 2.75) is 5.12 Å². The molecule has 1 aliphatic heterocycles. The van der Waals surface area contributed by atoms with Crippen molar-refractivity contribution < 1.29 is 0 Å². The fraction of sp³-hybridized carbons (Fsp3) is 0.100. The van der Waals surface area contributed by atoms with Crippen LogP contribution < -0.4 is 16.4 Å². The number of aliphatic imine (C=N–C) groups is 1. The van der Waals surface area contributed by atoms with Gasteiger partial charge in [-0.1, -0.05) is 23.7 Å². The second-order valence-corrected chi connectivity index (χ2v) is 3.72. The highest BCUT2D eigenvalue weighted by Gasteiger charge is 2.23. The van der Waals surface area contributed by atoms with E-state index in [9.17, 15) is 0 Å². The first-order chi connectivity index (χ1) is 7.20. The summed E-state index contributed by atoms with van der Waals surface area (Å²) in [5.74, 6) is 0. The van der Waals surface area contributed by atoms with Gasteiger partial charge in [0.2, 0.25) is 5.12 Å². The third-order valence-corrected chi connectivity index (χ3v) is 2.32. The van der Waals surface area contributed by atoms with Crippen LogP contribution in [0.2, 0.25) is 0 Å². The van der Waals surface area contributed by atoms with Crippen LogP contribution in [0.4, 0.5) is 11.4 Å². The number of nitrogens with two attached hydrogens (primary N) is 1. The van der Waals surface area contributed by atoms with Crippen LogP contribution >= 0.6 is 11.6 Å². The predicted molar refractivity (Wildman–Crippen MR) is 63.8 cm³/mol. The van der Waals surface area contributed by atoms with E-state index in [1.165, 1.54) is 6.34 Å². The van der Waals surface area contributed by atoms with Gasteiger partial charge < -0.3 is 16.4 Å². The highest BCUT2D eigenvalue weighted by Crippen LogP contribution is 2.26. The molecule has 0 bridgehead atoms. The summed E-state index contributed by atoms with van der Waals surface area (Å²) in [5.41, 5.74) is 7.18. The van der Waals surface area contributed by atoms with Crippen molar-refractivity contribution in [1.29, 1.82) is 0 Å². The second kappa shape index (κ2) is 3.82. The number of halogens is 1. The largest absolute Gasteiger partial charge is 0.397 e. The second-order valence-electron chi connectivity index (χ2n) is 3.14. The third kappa shape index (κ3) is 2.22. The average Bonchev–Trinajstić information content (AvgIpc) is 2.22. The Morgan fingerprint density at radius 3 is 2.87 bits per heavy atom. The van der Waals surface area contributed by atoms with Gasteiger partial charge in [0.1, 0.15) is 0 Å². The summed E-state index contributed by atoms with van der Waals surface area (Å²) in [5, 5.41) is 4.90. The maximum atomic E-state index is 6.19. The molecule has 0 amide bonds. The van der Waals surface area contributed by atoms with Crippen molar-refractivity contribution in [1.82, 2.24) is 5.32 Å². The first kappa shape index (κ1) is 9.86. The van der Waals surface area contributed by atoms with Gasteiger partial charge in [-0.25, -0.2) is 4.99 Å². The molecule has 2 rings (SSSR count). The zero-order chi connectivity index (χ0) is 10.7. The van der Waals surface area contributed by atoms with E-state index in [0.29, 0.717) is 5.69 Å². The van der Waals surface area contributed by atoms with Crippen molar-refractivity contribution in [2.24, 2.45) is 4.99 Å². The smallest absolute Gasteiger partial charge is 0.228 e. The number of nitrogen functional groups attached to an aromatic ring is 1. The Morgan fingerprint density at radius 2 is 2.20 bits per heavy atom. The first-order valence-electron chi connectivity index (χ1n) is 4.49. The minimum atomic E-state index is -0.958. The Balaban J connectivity index is 2.21. The molecule has 5 heteroatoms. The van der Waals surface area contributed by atoms with Crippen molar-refractivity contribution >= 4 is 29.3 Å². The summed E-state index contributed by atoms with van der Waals surface area (Å²) in [6, 6.07) is 7.40. The molecular formula is C10H11ClN4. The number of hydrogen-bond donors (Lipinski definition) is 3.